The van der Waals surface area contributed by atoms with Gasteiger partial charge in [-0.3, -0.25) is 4.98 Å². The summed E-state index contributed by atoms with van der Waals surface area (Å²) in [7, 11) is 4.09. The summed E-state index contributed by atoms with van der Waals surface area (Å²) in [4.78, 5) is 6.68. The number of nitrogens with one attached hydrogen (secondary N) is 1. The smallest absolute Gasteiger partial charge is 0.0688 e. The second-order valence-corrected chi connectivity index (χ2v) is 6.13. The number of aryl methyl sites for hydroxylation is 1. The number of rotatable bonds is 3. The normalized spacial score (nSPS) is 17.2. The van der Waals surface area contributed by atoms with Crippen molar-refractivity contribution < 1.29 is 0 Å². The molecule has 1 aliphatic carbocycles. The van der Waals surface area contributed by atoms with E-state index in [1.54, 1.807) is 0 Å². The van der Waals surface area contributed by atoms with Crippen LogP contribution in [0.15, 0.2) is 36.5 Å². The number of fused-ring (bicyclic) bond motifs is 1. The van der Waals surface area contributed by atoms with Gasteiger partial charge in [0.1, 0.15) is 0 Å². The Morgan fingerprint density at radius 3 is 2.95 bits per heavy atom. The number of nitrogens with zero attached hydrogens (tertiary/aromatic N) is 2. The standard InChI is InChI=1S/C17H20ClN3/c1-21(2)16-9-8-13(18)11-15(16)20-14-7-3-5-12-6-4-10-19-17(12)14/h4,6,8-11,14,20H,3,5,7H2,1-2H3. The SMILES string of the molecule is CN(C)c1ccc(Cl)cc1NC1CCCc2cccnc21. The zero-order chi connectivity index (χ0) is 14.8. The Balaban J connectivity index is 1.93. The van der Waals surface area contributed by atoms with E-state index in [1.165, 1.54) is 17.7 Å². The van der Waals surface area contributed by atoms with Crippen LogP contribution in [0.1, 0.15) is 30.1 Å². The average molecular weight is 302 g/mol. The van der Waals surface area contributed by atoms with Gasteiger partial charge in [0, 0.05) is 25.3 Å². The van der Waals surface area contributed by atoms with Gasteiger partial charge in [0.2, 0.25) is 0 Å². The highest BCUT2D eigenvalue weighted by atomic mass is 35.5. The number of hydrogen-bond donors (Lipinski definition) is 1. The zero-order valence-electron chi connectivity index (χ0n) is 12.4. The van der Waals surface area contributed by atoms with Crippen LogP contribution in [-0.2, 0) is 6.42 Å². The molecule has 0 bridgehead atoms. The van der Waals surface area contributed by atoms with Crippen molar-refractivity contribution in [3.8, 4) is 0 Å². The minimum Gasteiger partial charge on any atom is -0.376 e. The van der Waals surface area contributed by atoms with Crippen LogP contribution in [0.2, 0.25) is 5.02 Å². The summed E-state index contributed by atoms with van der Waals surface area (Å²) in [5.41, 5.74) is 4.74. The van der Waals surface area contributed by atoms with Crippen molar-refractivity contribution in [2.75, 3.05) is 24.3 Å². The van der Waals surface area contributed by atoms with Gasteiger partial charge in [-0.2, -0.15) is 0 Å². The van der Waals surface area contributed by atoms with Crippen molar-refractivity contribution in [1.29, 1.82) is 0 Å². The van der Waals surface area contributed by atoms with Gasteiger partial charge in [-0.15, -0.1) is 0 Å². The number of anilines is 2. The molecule has 1 aliphatic rings. The molecule has 1 unspecified atom stereocenters. The fourth-order valence-corrected chi connectivity index (χ4v) is 3.12. The fourth-order valence-electron chi connectivity index (χ4n) is 2.95. The highest BCUT2D eigenvalue weighted by Crippen LogP contribution is 2.35. The Morgan fingerprint density at radius 2 is 2.14 bits per heavy atom. The van der Waals surface area contributed by atoms with Crippen LogP contribution >= 0.6 is 11.6 Å². The van der Waals surface area contributed by atoms with Crippen molar-refractivity contribution in [1.82, 2.24) is 4.98 Å². The van der Waals surface area contributed by atoms with E-state index in [9.17, 15) is 0 Å². The molecule has 2 aromatic rings. The maximum Gasteiger partial charge on any atom is 0.0688 e. The van der Waals surface area contributed by atoms with E-state index in [2.05, 4.69) is 21.3 Å². The van der Waals surface area contributed by atoms with Crippen LogP contribution in [-0.4, -0.2) is 19.1 Å². The third kappa shape index (κ3) is 2.98. The van der Waals surface area contributed by atoms with Crippen LogP contribution in [0.3, 0.4) is 0 Å². The van der Waals surface area contributed by atoms with Crippen molar-refractivity contribution in [3.63, 3.8) is 0 Å². The van der Waals surface area contributed by atoms with E-state index in [0.29, 0.717) is 0 Å². The first kappa shape index (κ1) is 14.2. The molecule has 21 heavy (non-hydrogen) atoms. The Hall–Kier alpha value is -1.74. The van der Waals surface area contributed by atoms with Crippen molar-refractivity contribution >= 4 is 23.0 Å². The molecule has 0 aliphatic heterocycles. The van der Waals surface area contributed by atoms with Gasteiger partial charge in [-0.05, 0) is 49.1 Å². The average Bonchev–Trinajstić information content (AvgIpc) is 2.47. The second-order valence-electron chi connectivity index (χ2n) is 5.69. The molecule has 1 atom stereocenters. The molecule has 1 aromatic heterocycles. The Bertz CT molecular complexity index is 640. The molecular formula is C17H20ClN3. The summed E-state index contributed by atoms with van der Waals surface area (Å²) < 4.78 is 0. The van der Waals surface area contributed by atoms with E-state index in [0.717, 1.165) is 29.2 Å². The molecule has 4 heteroatoms. The van der Waals surface area contributed by atoms with Crippen LogP contribution < -0.4 is 10.2 Å². The van der Waals surface area contributed by atoms with Crippen LogP contribution in [0.5, 0.6) is 0 Å². The third-order valence-corrected chi connectivity index (χ3v) is 4.20. The summed E-state index contributed by atoms with van der Waals surface area (Å²) in [5.74, 6) is 0. The van der Waals surface area contributed by atoms with Gasteiger partial charge in [0.05, 0.1) is 23.1 Å². The quantitative estimate of drug-likeness (QED) is 0.916. The molecule has 1 aromatic carbocycles. The lowest BCUT2D eigenvalue weighted by Gasteiger charge is -2.28. The maximum absolute atomic E-state index is 6.17. The van der Waals surface area contributed by atoms with Crippen molar-refractivity contribution in [2.24, 2.45) is 0 Å². The number of benzene rings is 1. The largest absolute Gasteiger partial charge is 0.376 e. The molecule has 1 heterocycles. The maximum atomic E-state index is 6.17. The summed E-state index contributed by atoms with van der Waals surface area (Å²) in [6, 6.07) is 10.4. The Kier molecular flexibility index (Phi) is 4.02. The van der Waals surface area contributed by atoms with E-state index in [1.807, 2.05) is 44.6 Å². The van der Waals surface area contributed by atoms with Gasteiger partial charge in [0.15, 0.2) is 0 Å². The number of hydrogen-bond acceptors (Lipinski definition) is 3. The van der Waals surface area contributed by atoms with Crippen LogP contribution in [0.25, 0.3) is 0 Å². The molecule has 0 saturated heterocycles. The minimum atomic E-state index is 0.257. The molecular weight excluding hydrogens is 282 g/mol. The minimum absolute atomic E-state index is 0.257. The topological polar surface area (TPSA) is 28.2 Å². The predicted molar refractivity (Wildman–Crippen MR) is 89.3 cm³/mol. The molecule has 0 spiro atoms. The first-order valence-corrected chi connectivity index (χ1v) is 7.70. The lowest BCUT2D eigenvalue weighted by Crippen LogP contribution is -2.20. The van der Waals surface area contributed by atoms with Gasteiger partial charge in [-0.25, -0.2) is 0 Å². The van der Waals surface area contributed by atoms with Crippen molar-refractivity contribution in [2.45, 2.75) is 25.3 Å². The van der Waals surface area contributed by atoms with E-state index in [4.69, 9.17) is 11.6 Å². The molecule has 3 nitrogen and oxygen atoms in total. The fraction of sp³-hybridized carbons (Fsp3) is 0.353. The molecule has 1 N–H and O–H groups in total. The molecule has 3 rings (SSSR count). The predicted octanol–water partition coefficient (Wildman–Crippen LogP) is 4.29. The summed E-state index contributed by atoms with van der Waals surface area (Å²) in [6.07, 6.45) is 5.29. The number of pyridine rings is 1. The highest BCUT2D eigenvalue weighted by Gasteiger charge is 2.22. The lowest BCUT2D eigenvalue weighted by atomic mass is 9.91. The van der Waals surface area contributed by atoms with Gasteiger partial charge in [-0.1, -0.05) is 17.7 Å². The van der Waals surface area contributed by atoms with Crippen LogP contribution in [0, 0.1) is 0 Å². The lowest BCUT2D eigenvalue weighted by molar-refractivity contribution is 0.583. The van der Waals surface area contributed by atoms with E-state index >= 15 is 0 Å². The first-order chi connectivity index (χ1) is 10.1. The number of halogens is 1. The van der Waals surface area contributed by atoms with Gasteiger partial charge >= 0.3 is 0 Å². The second kappa shape index (κ2) is 5.94. The molecule has 0 radical (unpaired) electrons. The van der Waals surface area contributed by atoms with Gasteiger partial charge in [0.25, 0.3) is 0 Å². The monoisotopic (exact) mass is 301 g/mol. The zero-order valence-corrected chi connectivity index (χ0v) is 13.2. The molecule has 0 amide bonds. The highest BCUT2D eigenvalue weighted by molar-refractivity contribution is 6.31. The van der Waals surface area contributed by atoms with Crippen LogP contribution in [0.4, 0.5) is 11.4 Å². The number of aromatic nitrogens is 1. The van der Waals surface area contributed by atoms with Crippen molar-refractivity contribution in [3.05, 3.63) is 52.8 Å². The van der Waals surface area contributed by atoms with Gasteiger partial charge < -0.3 is 10.2 Å². The first-order valence-electron chi connectivity index (χ1n) is 7.32. The Morgan fingerprint density at radius 1 is 1.29 bits per heavy atom. The van der Waals surface area contributed by atoms with E-state index in [-0.39, 0.29) is 6.04 Å². The third-order valence-electron chi connectivity index (χ3n) is 3.97. The molecule has 0 saturated carbocycles. The molecule has 0 fully saturated rings. The summed E-state index contributed by atoms with van der Waals surface area (Å²) in [6.45, 7) is 0. The molecule has 110 valence electrons. The summed E-state index contributed by atoms with van der Waals surface area (Å²) >= 11 is 6.17. The summed E-state index contributed by atoms with van der Waals surface area (Å²) in [5, 5.41) is 4.39. The van der Waals surface area contributed by atoms with E-state index < -0.39 is 0 Å². The Labute approximate surface area is 131 Å².